The van der Waals surface area contributed by atoms with Gasteiger partial charge in [-0.25, -0.2) is 0 Å². The summed E-state index contributed by atoms with van der Waals surface area (Å²) in [5, 5.41) is 11.9. The van der Waals surface area contributed by atoms with Crippen molar-refractivity contribution in [1.82, 2.24) is 0 Å². The van der Waals surface area contributed by atoms with E-state index in [-0.39, 0.29) is 5.41 Å². The van der Waals surface area contributed by atoms with Gasteiger partial charge < -0.3 is 5.11 Å². The van der Waals surface area contributed by atoms with Gasteiger partial charge in [-0.15, -0.1) is 0 Å². The van der Waals surface area contributed by atoms with Crippen LogP contribution in [0, 0.1) is 5.41 Å². The predicted molar refractivity (Wildman–Crippen MR) is 79.0 cm³/mol. The molecule has 0 radical (unpaired) electrons. The summed E-state index contributed by atoms with van der Waals surface area (Å²) >= 11 is 0. The zero-order valence-corrected chi connectivity index (χ0v) is 11.6. The van der Waals surface area contributed by atoms with Gasteiger partial charge in [0.15, 0.2) is 0 Å². The molecule has 0 bridgehead atoms. The molecule has 1 saturated carbocycles. The highest BCUT2D eigenvalue weighted by Gasteiger charge is 2.49. The van der Waals surface area contributed by atoms with Crippen LogP contribution in [0.3, 0.4) is 0 Å². The predicted octanol–water partition coefficient (Wildman–Crippen LogP) is 3.94. The van der Waals surface area contributed by atoms with E-state index in [2.05, 4.69) is 19.1 Å². The molecule has 1 fully saturated rings. The number of carbonyl (C=O) groups is 1. The van der Waals surface area contributed by atoms with Crippen molar-refractivity contribution in [2.45, 2.75) is 38.5 Å². The van der Waals surface area contributed by atoms with Gasteiger partial charge in [0.2, 0.25) is 0 Å². The highest BCUT2D eigenvalue weighted by Crippen LogP contribution is 2.54. The van der Waals surface area contributed by atoms with Crippen LogP contribution in [0.2, 0.25) is 0 Å². The van der Waals surface area contributed by atoms with E-state index in [1.165, 1.54) is 16.5 Å². The van der Waals surface area contributed by atoms with Gasteiger partial charge >= 0.3 is 0 Å². The smallest absolute Gasteiger partial charge is 0.139 e. The fourth-order valence-electron chi connectivity index (χ4n) is 4.27. The molecule has 2 atom stereocenters. The number of phenolic OH excluding ortho intramolecular Hbond substituents is 1. The molecule has 2 nitrogen and oxygen atoms in total. The molecule has 20 heavy (non-hydrogen) atoms. The van der Waals surface area contributed by atoms with E-state index in [0.29, 0.717) is 17.5 Å². The van der Waals surface area contributed by atoms with E-state index in [4.69, 9.17) is 0 Å². The number of carbonyl (C=O) groups excluding carboxylic acids is 1. The first kappa shape index (κ1) is 12.0. The Labute approximate surface area is 118 Å². The maximum atomic E-state index is 12.2. The fraction of sp³-hybridized carbons (Fsp3) is 0.389. The maximum Gasteiger partial charge on any atom is 0.139 e. The average Bonchev–Trinajstić information content (AvgIpc) is 2.74. The highest BCUT2D eigenvalue weighted by atomic mass is 16.3. The zero-order valence-electron chi connectivity index (χ0n) is 11.6. The van der Waals surface area contributed by atoms with Crippen LogP contribution in [0.5, 0.6) is 5.75 Å². The van der Waals surface area contributed by atoms with Crippen molar-refractivity contribution in [3.8, 4) is 5.75 Å². The van der Waals surface area contributed by atoms with Crippen LogP contribution in [0.1, 0.15) is 43.2 Å². The summed E-state index contributed by atoms with van der Waals surface area (Å²) < 4.78 is 0. The van der Waals surface area contributed by atoms with Crippen molar-refractivity contribution in [2.24, 2.45) is 5.41 Å². The SMILES string of the molecule is C[C@]12CCc3c(ccc4cc(O)ccc34)C1CCC2=O. The van der Waals surface area contributed by atoms with Crippen LogP contribution >= 0.6 is 0 Å². The highest BCUT2D eigenvalue weighted by molar-refractivity contribution is 5.92. The summed E-state index contributed by atoms with van der Waals surface area (Å²) in [6.07, 6.45) is 3.65. The first-order valence-electron chi connectivity index (χ1n) is 7.37. The molecule has 0 heterocycles. The average molecular weight is 266 g/mol. The lowest BCUT2D eigenvalue weighted by molar-refractivity contribution is -0.126. The van der Waals surface area contributed by atoms with Gasteiger partial charge in [0.1, 0.15) is 11.5 Å². The standard InChI is InChI=1S/C18H18O2/c1-18-9-8-14-13-5-3-12(19)10-11(13)2-4-15(14)16(18)6-7-17(18)20/h2-5,10,16,19H,6-9H2,1H3/t16?,18-/m0/s1. The summed E-state index contributed by atoms with van der Waals surface area (Å²) in [5.41, 5.74) is 2.61. The first-order valence-corrected chi connectivity index (χ1v) is 7.37. The number of Topliss-reactive ketones (excluding diaryl/α,β-unsaturated/α-hetero) is 1. The summed E-state index contributed by atoms with van der Waals surface area (Å²) in [4.78, 5) is 12.2. The first-order chi connectivity index (χ1) is 9.59. The quantitative estimate of drug-likeness (QED) is 0.784. The van der Waals surface area contributed by atoms with Gasteiger partial charge in [0.05, 0.1) is 0 Å². The van der Waals surface area contributed by atoms with Crippen LogP contribution in [0.15, 0.2) is 30.3 Å². The van der Waals surface area contributed by atoms with Gasteiger partial charge in [-0.1, -0.05) is 25.1 Å². The Kier molecular flexibility index (Phi) is 2.30. The molecule has 2 aliphatic carbocycles. The molecule has 0 aliphatic heterocycles. The van der Waals surface area contributed by atoms with Crippen molar-refractivity contribution in [2.75, 3.05) is 0 Å². The maximum absolute atomic E-state index is 12.2. The molecule has 0 spiro atoms. The van der Waals surface area contributed by atoms with Crippen LogP contribution in [0.4, 0.5) is 0 Å². The van der Waals surface area contributed by atoms with Crippen molar-refractivity contribution in [3.63, 3.8) is 0 Å². The summed E-state index contributed by atoms with van der Waals surface area (Å²) in [5.74, 6) is 1.14. The van der Waals surface area contributed by atoms with Gasteiger partial charge in [-0.3, -0.25) is 4.79 Å². The molecule has 0 amide bonds. The van der Waals surface area contributed by atoms with E-state index in [0.717, 1.165) is 31.1 Å². The van der Waals surface area contributed by atoms with Crippen molar-refractivity contribution < 1.29 is 9.90 Å². The van der Waals surface area contributed by atoms with E-state index in [9.17, 15) is 9.90 Å². The van der Waals surface area contributed by atoms with Crippen LogP contribution < -0.4 is 0 Å². The number of hydrogen-bond acceptors (Lipinski definition) is 2. The Hall–Kier alpha value is -1.83. The molecular weight excluding hydrogens is 248 g/mol. The Morgan fingerprint density at radius 2 is 2.05 bits per heavy atom. The molecule has 0 aromatic heterocycles. The van der Waals surface area contributed by atoms with E-state index in [1.54, 1.807) is 6.07 Å². The second-order valence-corrected chi connectivity index (χ2v) is 6.47. The molecule has 1 N–H and O–H groups in total. The molecule has 2 heteroatoms. The molecule has 2 aliphatic rings. The molecule has 102 valence electrons. The Morgan fingerprint density at radius 3 is 2.90 bits per heavy atom. The minimum absolute atomic E-state index is 0.141. The lowest BCUT2D eigenvalue weighted by Gasteiger charge is -2.37. The molecule has 2 aromatic carbocycles. The Balaban J connectivity index is 1.95. The molecule has 0 saturated heterocycles. The van der Waals surface area contributed by atoms with Crippen LogP contribution in [-0.4, -0.2) is 10.9 Å². The number of hydrogen-bond donors (Lipinski definition) is 1. The topological polar surface area (TPSA) is 37.3 Å². The van der Waals surface area contributed by atoms with Crippen LogP contribution in [0.25, 0.3) is 10.8 Å². The molecule has 4 rings (SSSR count). The number of benzene rings is 2. The number of aryl methyl sites for hydroxylation is 1. The number of rotatable bonds is 0. The molecular formula is C18H18O2. The van der Waals surface area contributed by atoms with Gasteiger partial charge in [0, 0.05) is 11.8 Å². The van der Waals surface area contributed by atoms with E-state index >= 15 is 0 Å². The Bertz CT molecular complexity index is 732. The number of ketones is 1. The summed E-state index contributed by atoms with van der Waals surface area (Å²) in [7, 11) is 0. The lowest BCUT2D eigenvalue weighted by Crippen LogP contribution is -2.32. The summed E-state index contributed by atoms with van der Waals surface area (Å²) in [6, 6.07) is 9.86. The molecule has 2 aromatic rings. The second kappa shape index (κ2) is 3.85. The zero-order chi connectivity index (χ0) is 13.9. The largest absolute Gasteiger partial charge is 0.508 e. The number of phenols is 1. The van der Waals surface area contributed by atoms with Crippen LogP contribution in [-0.2, 0) is 11.2 Å². The Morgan fingerprint density at radius 1 is 1.20 bits per heavy atom. The second-order valence-electron chi connectivity index (χ2n) is 6.47. The monoisotopic (exact) mass is 266 g/mol. The van der Waals surface area contributed by atoms with Crippen molar-refractivity contribution in [3.05, 3.63) is 41.5 Å². The third kappa shape index (κ3) is 1.42. The summed E-state index contributed by atoms with van der Waals surface area (Å²) in [6.45, 7) is 2.15. The van der Waals surface area contributed by atoms with Crippen molar-refractivity contribution in [1.29, 1.82) is 0 Å². The minimum atomic E-state index is -0.141. The third-order valence-corrected chi connectivity index (χ3v) is 5.49. The fourth-order valence-corrected chi connectivity index (χ4v) is 4.27. The lowest BCUT2D eigenvalue weighted by atomic mass is 9.66. The van der Waals surface area contributed by atoms with Gasteiger partial charge in [-0.05, 0) is 59.2 Å². The third-order valence-electron chi connectivity index (χ3n) is 5.49. The normalized spacial score (nSPS) is 28.4. The van der Waals surface area contributed by atoms with E-state index in [1.807, 2.05) is 12.1 Å². The molecule has 1 unspecified atom stereocenters. The van der Waals surface area contributed by atoms with Gasteiger partial charge in [-0.2, -0.15) is 0 Å². The van der Waals surface area contributed by atoms with Gasteiger partial charge in [0.25, 0.3) is 0 Å². The van der Waals surface area contributed by atoms with Crippen molar-refractivity contribution >= 4 is 16.6 Å². The number of aromatic hydroxyl groups is 1. The van der Waals surface area contributed by atoms with E-state index < -0.39 is 0 Å². The minimum Gasteiger partial charge on any atom is -0.508 e. The number of fused-ring (bicyclic) bond motifs is 5.